The highest BCUT2D eigenvalue weighted by Crippen LogP contribution is 2.25. The molecule has 1 aliphatic carbocycles. The number of hydrogen-bond donors (Lipinski definition) is 3. The number of phenolic OH excluding ortho intramolecular Hbond substituents is 1. The van der Waals surface area contributed by atoms with Crippen molar-refractivity contribution in [1.82, 2.24) is 5.32 Å². The molecule has 2 aromatic rings. The number of allylic oxidation sites excluding steroid dienone is 1. The Labute approximate surface area is 155 Å². The molecule has 0 amide bonds. The maximum atomic E-state index is 10.3. The van der Waals surface area contributed by atoms with Gasteiger partial charge in [0.15, 0.2) is 0 Å². The number of ether oxygens (including phenoxy) is 1. The second-order valence-electron chi connectivity index (χ2n) is 6.87. The van der Waals surface area contributed by atoms with E-state index in [1.165, 1.54) is 11.1 Å². The Kier molecular flexibility index (Phi) is 6.31. The third kappa shape index (κ3) is 4.87. The lowest BCUT2D eigenvalue weighted by Crippen LogP contribution is -2.40. The van der Waals surface area contributed by atoms with Gasteiger partial charge in [0.05, 0.1) is 0 Å². The summed E-state index contributed by atoms with van der Waals surface area (Å²) < 4.78 is 5.79. The summed E-state index contributed by atoms with van der Waals surface area (Å²) in [7, 11) is 0. The maximum absolute atomic E-state index is 10.3. The fourth-order valence-electron chi connectivity index (χ4n) is 3.43. The van der Waals surface area contributed by atoms with Crippen LogP contribution in [0.4, 0.5) is 0 Å². The molecule has 138 valence electrons. The lowest BCUT2D eigenvalue weighted by atomic mass is 9.88. The van der Waals surface area contributed by atoms with Gasteiger partial charge >= 0.3 is 0 Å². The highest BCUT2D eigenvalue weighted by Gasteiger charge is 2.19. The average Bonchev–Trinajstić information content (AvgIpc) is 2.65. The number of fused-ring (bicyclic) bond motifs is 1. The van der Waals surface area contributed by atoms with Crippen LogP contribution in [0.25, 0.3) is 0 Å². The minimum absolute atomic E-state index is 0.255. The number of aromatic hydroxyl groups is 1. The van der Waals surface area contributed by atoms with Gasteiger partial charge in [-0.05, 0) is 60.6 Å². The predicted octanol–water partition coefficient (Wildman–Crippen LogP) is 3.01. The van der Waals surface area contributed by atoms with E-state index in [4.69, 9.17) is 4.74 Å². The van der Waals surface area contributed by atoms with Crippen molar-refractivity contribution in [2.24, 2.45) is 0 Å². The number of para-hydroxylation sites is 1. The molecule has 3 rings (SSSR count). The van der Waals surface area contributed by atoms with Gasteiger partial charge in [-0.1, -0.05) is 30.3 Å². The van der Waals surface area contributed by atoms with Crippen molar-refractivity contribution < 1.29 is 14.9 Å². The summed E-state index contributed by atoms with van der Waals surface area (Å²) in [5.41, 5.74) is 3.58. The SMILES string of the molecule is C=CCc1ccccc1OC[C@H](O)CN[C@@H]1CCc2ccc(O)cc2C1. The molecule has 0 fully saturated rings. The standard InChI is InChI=1S/C22H27NO3/c1-2-5-17-6-3-4-7-22(17)26-15-21(25)14-23-19-10-8-16-9-11-20(24)13-18(16)12-19/h2-4,6-7,9,11,13,19,21,23-25H,1,5,8,10,12,14-15H2/t19-,21-/m1/s1. The van der Waals surface area contributed by atoms with Crippen molar-refractivity contribution in [2.75, 3.05) is 13.2 Å². The van der Waals surface area contributed by atoms with Crippen LogP contribution in [0.15, 0.2) is 55.1 Å². The molecule has 0 spiro atoms. The van der Waals surface area contributed by atoms with Crippen molar-refractivity contribution in [1.29, 1.82) is 0 Å². The number of aryl methyl sites for hydroxylation is 1. The molecule has 0 aromatic heterocycles. The first kappa shape index (κ1) is 18.5. The average molecular weight is 353 g/mol. The van der Waals surface area contributed by atoms with E-state index in [1.54, 1.807) is 6.07 Å². The van der Waals surface area contributed by atoms with Crippen LogP contribution in [-0.4, -0.2) is 35.5 Å². The van der Waals surface area contributed by atoms with Gasteiger partial charge in [0.2, 0.25) is 0 Å². The molecule has 26 heavy (non-hydrogen) atoms. The van der Waals surface area contributed by atoms with Crippen molar-refractivity contribution in [2.45, 2.75) is 37.8 Å². The quantitative estimate of drug-likeness (QED) is 0.639. The Bertz CT molecular complexity index is 744. The highest BCUT2D eigenvalue weighted by molar-refractivity contribution is 5.37. The van der Waals surface area contributed by atoms with Crippen LogP contribution in [0.5, 0.6) is 11.5 Å². The normalized spacial score (nSPS) is 17.3. The molecule has 1 aliphatic rings. The van der Waals surface area contributed by atoms with E-state index in [0.717, 1.165) is 37.0 Å². The van der Waals surface area contributed by atoms with Gasteiger partial charge in [-0.3, -0.25) is 0 Å². The number of hydrogen-bond acceptors (Lipinski definition) is 4. The first-order chi connectivity index (χ1) is 12.7. The Morgan fingerprint density at radius 3 is 2.92 bits per heavy atom. The third-order valence-electron chi connectivity index (χ3n) is 4.83. The number of benzene rings is 2. The summed E-state index contributed by atoms with van der Waals surface area (Å²) in [4.78, 5) is 0. The molecule has 2 aromatic carbocycles. The summed E-state index contributed by atoms with van der Waals surface area (Å²) in [6.07, 6.45) is 4.93. The van der Waals surface area contributed by atoms with Gasteiger partial charge in [-0.15, -0.1) is 6.58 Å². The fourth-order valence-corrected chi connectivity index (χ4v) is 3.43. The van der Waals surface area contributed by atoms with Crippen molar-refractivity contribution in [3.05, 3.63) is 71.8 Å². The summed E-state index contributed by atoms with van der Waals surface area (Å²) in [5.74, 6) is 1.12. The molecular weight excluding hydrogens is 326 g/mol. The van der Waals surface area contributed by atoms with Gasteiger partial charge in [0, 0.05) is 12.6 Å². The monoisotopic (exact) mass is 353 g/mol. The van der Waals surface area contributed by atoms with E-state index < -0.39 is 6.10 Å². The van der Waals surface area contributed by atoms with Gasteiger partial charge in [0.1, 0.15) is 24.2 Å². The number of phenols is 1. The Morgan fingerprint density at radius 1 is 1.23 bits per heavy atom. The van der Waals surface area contributed by atoms with Gasteiger partial charge in [-0.25, -0.2) is 0 Å². The number of nitrogens with one attached hydrogen (secondary N) is 1. The molecule has 4 nitrogen and oxygen atoms in total. The van der Waals surface area contributed by atoms with Crippen LogP contribution < -0.4 is 10.1 Å². The number of rotatable bonds is 8. The van der Waals surface area contributed by atoms with Crippen LogP contribution in [0.3, 0.4) is 0 Å². The smallest absolute Gasteiger partial charge is 0.122 e. The van der Waals surface area contributed by atoms with Crippen LogP contribution in [0.2, 0.25) is 0 Å². The lowest BCUT2D eigenvalue weighted by molar-refractivity contribution is 0.102. The minimum Gasteiger partial charge on any atom is -0.508 e. The van der Waals surface area contributed by atoms with Crippen LogP contribution in [0, 0.1) is 0 Å². The highest BCUT2D eigenvalue weighted by atomic mass is 16.5. The Morgan fingerprint density at radius 2 is 2.08 bits per heavy atom. The van der Waals surface area contributed by atoms with E-state index in [2.05, 4.69) is 11.9 Å². The maximum Gasteiger partial charge on any atom is 0.122 e. The summed E-state index contributed by atoms with van der Waals surface area (Å²) in [5, 5.41) is 23.3. The number of aliphatic hydroxyl groups is 1. The Balaban J connectivity index is 1.46. The topological polar surface area (TPSA) is 61.7 Å². The van der Waals surface area contributed by atoms with Crippen molar-refractivity contribution in [3.8, 4) is 11.5 Å². The largest absolute Gasteiger partial charge is 0.508 e. The number of aliphatic hydroxyl groups excluding tert-OH is 1. The van der Waals surface area contributed by atoms with Crippen LogP contribution in [0.1, 0.15) is 23.1 Å². The molecule has 0 saturated heterocycles. The van der Waals surface area contributed by atoms with Gasteiger partial charge < -0.3 is 20.3 Å². The van der Waals surface area contributed by atoms with E-state index in [0.29, 0.717) is 18.3 Å². The zero-order valence-electron chi connectivity index (χ0n) is 15.0. The van der Waals surface area contributed by atoms with Crippen LogP contribution in [-0.2, 0) is 19.3 Å². The Hall–Kier alpha value is -2.30. The molecule has 3 N–H and O–H groups in total. The second-order valence-corrected chi connectivity index (χ2v) is 6.87. The molecule has 4 heteroatoms. The third-order valence-corrected chi connectivity index (χ3v) is 4.83. The summed E-state index contributed by atoms with van der Waals surface area (Å²) >= 11 is 0. The zero-order valence-corrected chi connectivity index (χ0v) is 15.0. The lowest BCUT2D eigenvalue weighted by Gasteiger charge is -2.26. The second kappa shape index (κ2) is 8.88. The van der Waals surface area contributed by atoms with Crippen molar-refractivity contribution >= 4 is 0 Å². The van der Waals surface area contributed by atoms with E-state index >= 15 is 0 Å². The fraction of sp³-hybridized carbons (Fsp3) is 0.364. The van der Waals surface area contributed by atoms with E-state index in [9.17, 15) is 10.2 Å². The molecule has 2 atom stereocenters. The summed E-state index contributed by atoms with van der Waals surface area (Å²) in [6, 6.07) is 13.7. The minimum atomic E-state index is -0.572. The van der Waals surface area contributed by atoms with E-state index in [1.807, 2.05) is 42.5 Å². The first-order valence-corrected chi connectivity index (χ1v) is 9.19. The van der Waals surface area contributed by atoms with Gasteiger partial charge in [0.25, 0.3) is 0 Å². The molecule has 0 aliphatic heterocycles. The zero-order chi connectivity index (χ0) is 18.4. The van der Waals surface area contributed by atoms with Crippen LogP contribution >= 0.6 is 0 Å². The molecule has 0 unspecified atom stereocenters. The molecule has 0 bridgehead atoms. The van der Waals surface area contributed by atoms with E-state index in [-0.39, 0.29) is 6.61 Å². The molecule has 0 heterocycles. The molecular formula is C22H27NO3. The van der Waals surface area contributed by atoms with Gasteiger partial charge in [-0.2, -0.15) is 0 Å². The first-order valence-electron chi connectivity index (χ1n) is 9.19. The molecule has 0 radical (unpaired) electrons. The van der Waals surface area contributed by atoms with Crippen molar-refractivity contribution in [3.63, 3.8) is 0 Å². The predicted molar refractivity (Wildman–Crippen MR) is 104 cm³/mol. The molecule has 0 saturated carbocycles. The summed E-state index contributed by atoms with van der Waals surface area (Å²) in [6.45, 7) is 4.51.